The molecule has 0 saturated carbocycles. The first-order valence-electron chi connectivity index (χ1n) is 4.19. The Morgan fingerprint density at radius 3 is 3.09 bits per heavy atom. The molecule has 0 aromatic heterocycles. The van der Waals surface area contributed by atoms with Gasteiger partial charge in [0.15, 0.2) is 0 Å². The molecule has 0 bridgehead atoms. The Labute approximate surface area is 67.5 Å². The fourth-order valence-electron chi connectivity index (χ4n) is 1.62. The molecular weight excluding hydrogens is 140 g/mol. The zero-order valence-electron chi connectivity index (χ0n) is 6.75. The van der Waals surface area contributed by atoms with Gasteiger partial charge in [0, 0.05) is 13.1 Å². The third-order valence-corrected chi connectivity index (χ3v) is 2.22. The number of nitrogens with two attached hydrogens (primary N) is 1. The van der Waals surface area contributed by atoms with Gasteiger partial charge in [-0.05, 0) is 31.7 Å². The highest BCUT2D eigenvalue weighted by Crippen LogP contribution is 2.17. The number of carbonyl (C=O) groups excluding carboxylic acids is 1. The van der Waals surface area contributed by atoms with E-state index in [1.165, 1.54) is 6.42 Å². The molecule has 2 N–H and O–H groups in total. The molecule has 0 spiro atoms. The average molecular weight is 155 g/mol. The Balaban J connectivity index is 2.27. The first-order valence-corrected chi connectivity index (χ1v) is 4.19. The van der Waals surface area contributed by atoms with Crippen LogP contribution >= 0.6 is 0 Å². The molecule has 1 atom stereocenters. The molecule has 3 heteroatoms. The smallest absolute Gasteiger partial charge is 0.312 e. The summed E-state index contributed by atoms with van der Waals surface area (Å²) in [5.41, 5.74) is 5.43. The SMILES string of the molecule is NCCC1CCCN([C]=O)C1. The van der Waals surface area contributed by atoms with E-state index in [0.717, 1.165) is 32.5 Å². The third-order valence-electron chi connectivity index (χ3n) is 2.22. The maximum atomic E-state index is 10.3. The molecule has 1 saturated heterocycles. The second kappa shape index (κ2) is 4.34. The number of amides is 1. The predicted molar refractivity (Wildman–Crippen MR) is 43.7 cm³/mol. The maximum absolute atomic E-state index is 10.3. The number of piperidine rings is 1. The van der Waals surface area contributed by atoms with Gasteiger partial charge in [0.2, 0.25) is 0 Å². The number of rotatable bonds is 3. The van der Waals surface area contributed by atoms with Gasteiger partial charge in [-0.3, -0.25) is 4.79 Å². The predicted octanol–water partition coefficient (Wildman–Crippen LogP) is 0.114. The van der Waals surface area contributed by atoms with Crippen molar-refractivity contribution >= 4 is 6.41 Å². The normalized spacial score (nSPS) is 25.2. The van der Waals surface area contributed by atoms with Gasteiger partial charge in [-0.2, -0.15) is 0 Å². The Kier molecular flexibility index (Phi) is 3.36. The van der Waals surface area contributed by atoms with Crippen molar-refractivity contribution in [3.05, 3.63) is 0 Å². The first-order chi connectivity index (χ1) is 5.36. The maximum Gasteiger partial charge on any atom is 0.312 e. The summed E-state index contributed by atoms with van der Waals surface area (Å²) < 4.78 is 0. The molecular formula is C8H15N2O. The molecule has 11 heavy (non-hydrogen) atoms. The highest BCUT2D eigenvalue weighted by Gasteiger charge is 2.17. The van der Waals surface area contributed by atoms with Crippen LogP contribution in [0.2, 0.25) is 0 Å². The van der Waals surface area contributed by atoms with Crippen LogP contribution in [0.4, 0.5) is 0 Å². The zero-order chi connectivity index (χ0) is 8.10. The van der Waals surface area contributed by atoms with Crippen molar-refractivity contribution in [3.8, 4) is 0 Å². The summed E-state index contributed by atoms with van der Waals surface area (Å²) in [4.78, 5) is 12.0. The van der Waals surface area contributed by atoms with Gasteiger partial charge in [-0.1, -0.05) is 0 Å². The van der Waals surface area contributed by atoms with Crippen LogP contribution in [0.3, 0.4) is 0 Å². The van der Waals surface area contributed by atoms with E-state index < -0.39 is 0 Å². The van der Waals surface area contributed by atoms with Crippen molar-refractivity contribution in [2.45, 2.75) is 19.3 Å². The van der Waals surface area contributed by atoms with Crippen molar-refractivity contribution in [1.29, 1.82) is 0 Å². The summed E-state index contributed by atoms with van der Waals surface area (Å²) in [5, 5.41) is 0. The van der Waals surface area contributed by atoms with Crippen LogP contribution < -0.4 is 5.73 Å². The molecule has 1 amide bonds. The molecule has 1 aliphatic rings. The molecule has 1 aliphatic heterocycles. The molecule has 1 rings (SSSR count). The highest BCUT2D eigenvalue weighted by molar-refractivity contribution is 5.48. The fourth-order valence-corrected chi connectivity index (χ4v) is 1.62. The van der Waals surface area contributed by atoms with Crippen molar-refractivity contribution in [2.24, 2.45) is 11.7 Å². The van der Waals surface area contributed by atoms with Gasteiger partial charge in [-0.15, -0.1) is 0 Å². The van der Waals surface area contributed by atoms with Crippen molar-refractivity contribution in [1.82, 2.24) is 4.90 Å². The number of hydrogen-bond donors (Lipinski definition) is 1. The summed E-state index contributed by atoms with van der Waals surface area (Å²) in [5.74, 6) is 0.621. The number of nitrogens with zero attached hydrogens (tertiary/aromatic N) is 1. The van der Waals surface area contributed by atoms with Gasteiger partial charge in [0.05, 0.1) is 0 Å². The summed E-state index contributed by atoms with van der Waals surface area (Å²) in [6.07, 6.45) is 5.30. The zero-order valence-corrected chi connectivity index (χ0v) is 6.75. The van der Waals surface area contributed by atoms with E-state index >= 15 is 0 Å². The van der Waals surface area contributed by atoms with Crippen LogP contribution in [0.25, 0.3) is 0 Å². The van der Waals surface area contributed by atoms with E-state index in [1.807, 2.05) is 6.41 Å². The van der Waals surface area contributed by atoms with Crippen molar-refractivity contribution in [2.75, 3.05) is 19.6 Å². The first kappa shape index (κ1) is 8.53. The van der Waals surface area contributed by atoms with Gasteiger partial charge in [-0.25, -0.2) is 0 Å². The lowest BCUT2D eigenvalue weighted by Crippen LogP contribution is -2.34. The standard InChI is InChI=1S/C8H15N2O/c9-4-3-8-2-1-5-10(6-8)7-11/h8H,1-6,9H2. The van der Waals surface area contributed by atoms with E-state index in [2.05, 4.69) is 0 Å². The van der Waals surface area contributed by atoms with Gasteiger partial charge >= 0.3 is 6.41 Å². The fraction of sp³-hybridized carbons (Fsp3) is 0.875. The van der Waals surface area contributed by atoms with Crippen molar-refractivity contribution in [3.63, 3.8) is 0 Å². The van der Waals surface area contributed by atoms with E-state index in [-0.39, 0.29) is 0 Å². The second-order valence-corrected chi connectivity index (χ2v) is 3.12. The topological polar surface area (TPSA) is 46.3 Å². The number of hydrogen-bond acceptors (Lipinski definition) is 2. The Morgan fingerprint density at radius 2 is 2.45 bits per heavy atom. The van der Waals surface area contributed by atoms with E-state index in [0.29, 0.717) is 5.92 Å². The minimum atomic E-state index is 0.621. The van der Waals surface area contributed by atoms with Crippen LogP contribution in [-0.4, -0.2) is 30.9 Å². The minimum absolute atomic E-state index is 0.621. The van der Waals surface area contributed by atoms with Gasteiger partial charge in [0.1, 0.15) is 0 Å². The second-order valence-electron chi connectivity index (χ2n) is 3.12. The molecule has 1 unspecified atom stereocenters. The minimum Gasteiger partial charge on any atom is -0.334 e. The summed E-state index contributed by atoms with van der Waals surface area (Å²) in [6, 6.07) is 0. The van der Waals surface area contributed by atoms with E-state index in [4.69, 9.17) is 5.73 Å². The number of likely N-dealkylation sites (tertiary alicyclic amines) is 1. The summed E-state index contributed by atoms with van der Waals surface area (Å²) in [6.45, 7) is 2.47. The van der Waals surface area contributed by atoms with E-state index in [9.17, 15) is 4.79 Å². The lowest BCUT2D eigenvalue weighted by atomic mass is 9.95. The monoisotopic (exact) mass is 155 g/mol. The summed E-state index contributed by atoms with van der Waals surface area (Å²) >= 11 is 0. The van der Waals surface area contributed by atoms with Crippen molar-refractivity contribution < 1.29 is 4.79 Å². The molecule has 0 aromatic carbocycles. The molecule has 1 fully saturated rings. The van der Waals surface area contributed by atoms with Crippen LogP contribution in [0.5, 0.6) is 0 Å². The van der Waals surface area contributed by atoms with Crippen LogP contribution in [-0.2, 0) is 4.79 Å². The lowest BCUT2D eigenvalue weighted by molar-refractivity contribution is 0.241. The molecule has 3 nitrogen and oxygen atoms in total. The third kappa shape index (κ3) is 2.50. The summed E-state index contributed by atoms with van der Waals surface area (Å²) in [7, 11) is 0. The molecule has 0 aliphatic carbocycles. The van der Waals surface area contributed by atoms with Crippen LogP contribution in [0.1, 0.15) is 19.3 Å². The molecule has 63 valence electrons. The Hall–Kier alpha value is -0.570. The average Bonchev–Trinajstić information content (AvgIpc) is 2.06. The molecule has 1 radical (unpaired) electrons. The largest absolute Gasteiger partial charge is 0.334 e. The molecule has 0 aromatic rings. The lowest BCUT2D eigenvalue weighted by Gasteiger charge is -2.28. The van der Waals surface area contributed by atoms with Crippen LogP contribution in [0.15, 0.2) is 0 Å². The Morgan fingerprint density at radius 1 is 1.64 bits per heavy atom. The van der Waals surface area contributed by atoms with Crippen LogP contribution in [0, 0.1) is 5.92 Å². The quantitative estimate of drug-likeness (QED) is 0.629. The Bertz CT molecular complexity index is 125. The highest BCUT2D eigenvalue weighted by atomic mass is 16.1. The van der Waals surface area contributed by atoms with E-state index in [1.54, 1.807) is 4.90 Å². The van der Waals surface area contributed by atoms with Gasteiger partial charge < -0.3 is 10.6 Å². The van der Waals surface area contributed by atoms with Gasteiger partial charge in [0.25, 0.3) is 0 Å². The molecule has 1 heterocycles.